The van der Waals surface area contributed by atoms with Crippen molar-refractivity contribution in [2.45, 2.75) is 44.3 Å². The molecule has 2 fully saturated rings. The Hall–Kier alpha value is -1.31. The molecule has 8 heteroatoms. The molecule has 0 bridgehead atoms. The Morgan fingerprint density at radius 2 is 1.95 bits per heavy atom. The normalized spacial score (nSPS) is 31.0. The van der Waals surface area contributed by atoms with E-state index in [-0.39, 0.29) is 6.54 Å². The Labute approximate surface area is 120 Å². The van der Waals surface area contributed by atoms with Gasteiger partial charge in [0.2, 0.25) is 5.91 Å². The minimum atomic E-state index is -4.86. The van der Waals surface area contributed by atoms with Gasteiger partial charge in [-0.25, -0.2) is 0 Å². The summed E-state index contributed by atoms with van der Waals surface area (Å²) in [6, 6.07) is -0.495. The highest BCUT2D eigenvalue weighted by Gasteiger charge is 2.64. The van der Waals surface area contributed by atoms with Crippen LogP contribution in [0, 0.1) is 5.41 Å². The second-order valence-corrected chi connectivity index (χ2v) is 5.75. The summed E-state index contributed by atoms with van der Waals surface area (Å²) in [7, 11) is 0. The van der Waals surface area contributed by atoms with E-state index in [0.717, 1.165) is 24.2 Å². The van der Waals surface area contributed by atoms with Crippen molar-refractivity contribution in [3.63, 3.8) is 0 Å². The van der Waals surface area contributed by atoms with E-state index in [0.29, 0.717) is 13.0 Å². The SMILES string of the molecule is O=C(C1CCCCCN1)N1CCC(C(=O)O)(C(F)(F)F)C1. The highest BCUT2D eigenvalue weighted by Crippen LogP contribution is 2.45. The van der Waals surface area contributed by atoms with E-state index >= 15 is 0 Å². The van der Waals surface area contributed by atoms with Crippen LogP contribution in [0.3, 0.4) is 0 Å². The zero-order valence-electron chi connectivity index (χ0n) is 11.6. The maximum Gasteiger partial charge on any atom is 0.406 e. The van der Waals surface area contributed by atoms with E-state index in [2.05, 4.69) is 5.32 Å². The van der Waals surface area contributed by atoms with Gasteiger partial charge < -0.3 is 15.3 Å². The fraction of sp³-hybridized carbons (Fsp3) is 0.846. The number of carboxylic acid groups (broad SMARTS) is 1. The summed E-state index contributed by atoms with van der Waals surface area (Å²) >= 11 is 0. The molecule has 0 saturated carbocycles. The Morgan fingerprint density at radius 1 is 1.24 bits per heavy atom. The lowest BCUT2D eigenvalue weighted by Gasteiger charge is -2.28. The molecule has 0 aromatic rings. The first-order valence-corrected chi connectivity index (χ1v) is 7.10. The molecule has 2 unspecified atom stereocenters. The van der Waals surface area contributed by atoms with Gasteiger partial charge in [-0.3, -0.25) is 9.59 Å². The molecule has 120 valence electrons. The minimum Gasteiger partial charge on any atom is -0.481 e. The van der Waals surface area contributed by atoms with E-state index < -0.39 is 42.5 Å². The fourth-order valence-electron chi connectivity index (χ4n) is 2.98. The number of nitrogens with one attached hydrogen (secondary N) is 1. The van der Waals surface area contributed by atoms with Crippen molar-refractivity contribution >= 4 is 11.9 Å². The molecular formula is C13H19F3N2O3. The van der Waals surface area contributed by atoms with Gasteiger partial charge in [0, 0.05) is 13.1 Å². The van der Waals surface area contributed by atoms with E-state index in [1.54, 1.807) is 0 Å². The maximum atomic E-state index is 13.1. The molecule has 5 nitrogen and oxygen atoms in total. The number of carbonyl (C=O) groups excluding carboxylic acids is 1. The molecule has 2 atom stereocenters. The number of nitrogens with zero attached hydrogens (tertiary/aromatic N) is 1. The summed E-state index contributed by atoms with van der Waals surface area (Å²) in [4.78, 5) is 24.4. The molecule has 1 amide bonds. The van der Waals surface area contributed by atoms with Crippen LogP contribution in [0.1, 0.15) is 32.1 Å². The zero-order valence-corrected chi connectivity index (χ0v) is 11.6. The third kappa shape index (κ3) is 3.00. The van der Waals surface area contributed by atoms with Crippen LogP contribution >= 0.6 is 0 Å². The molecule has 2 aliphatic rings. The van der Waals surface area contributed by atoms with Gasteiger partial charge in [0.1, 0.15) is 0 Å². The molecule has 0 aliphatic carbocycles. The van der Waals surface area contributed by atoms with Crippen LogP contribution in [-0.2, 0) is 9.59 Å². The van der Waals surface area contributed by atoms with Gasteiger partial charge in [0.05, 0.1) is 6.04 Å². The zero-order chi connectivity index (χ0) is 15.7. The summed E-state index contributed by atoms with van der Waals surface area (Å²) in [6.07, 6.45) is -2.08. The summed E-state index contributed by atoms with van der Waals surface area (Å²) in [6.45, 7) is -0.292. The van der Waals surface area contributed by atoms with Gasteiger partial charge in [0.15, 0.2) is 5.41 Å². The second-order valence-electron chi connectivity index (χ2n) is 5.75. The predicted octanol–water partition coefficient (Wildman–Crippen LogP) is 1.38. The third-order valence-electron chi connectivity index (χ3n) is 4.39. The van der Waals surface area contributed by atoms with Crippen LogP contribution in [-0.4, -0.2) is 53.7 Å². The summed E-state index contributed by atoms with van der Waals surface area (Å²) in [5, 5.41) is 12.0. The molecule has 0 radical (unpaired) electrons. The van der Waals surface area contributed by atoms with Crippen LogP contribution in [0.5, 0.6) is 0 Å². The number of carbonyl (C=O) groups is 2. The van der Waals surface area contributed by atoms with Crippen LogP contribution in [0.15, 0.2) is 0 Å². The molecule has 21 heavy (non-hydrogen) atoms. The lowest BCUT2D eigenvalue weighted by molar-refractivity contribution is -0.227. The average Bonchev–Trinajstić information content (AvgIpc) is 2.69. The first-order chi connectivity index (χ1) is 9.78. The molecule has 2 saturated heterocycles. The van der Waals surface area contributed by atoms with E-state index in [1.807, 2.05) is 0 Å². The monoisotopic (exact) mass is 308 g/mol. The van der Waals surface area contributed by atoms with Crippen molar-refractivity contribution in [2.75, 3.05) is 19.6 Å². The van der Waals surface area contributed by atoms with E-state index in [9.17, 15) is 22.8 Å². The number of halogens is 3. The van der Waals surface area contributed by atoms with Gasteiger partial charge in [-0.2, -0.15) is 13.2 Å². The first-order valence-electron chi connectivity index (χ1n) is 7.10. The quantitative estimate of drug-likeness (QED) is 0.809. The topological polar surface area (TPSA) is 69.6 Å². The van der Waals surface area contributed by atoms with Crippen molar-refractivity contribution in [3.05, 3.63) is 0 Å². The summed E-state index contributed by atoms with van der Waals surface area (Å²) < 4.78 is 39.2. The molecule has 2 rings (SSSR count). The van der Waals surface area contributed by atoms with Crippen LogP contribution in [0.2, 0.25) is 0 Å². The minimum absolute atomic E-state index is 0.164. The Balaban J connectivity index is 2.10. The molecule has 0 aromatic heterocycles. The first kappa shape index (κ1) is 16.1. The number of rotatable bonds is 2. The predicted molar refractivity (Wildman–Crippen MR) is 67.6 cm³/mol. The average molecular weight is 308 g/mol. The highest BCUT2D eigenvalue weighted by atomic mass is 19.4. The van der Waals surface area contributed by atoms with Gasteiger partial charge in [-0.05, 0) is 25.8 Å². The van der Waals surface area contributed by atoms with Gasteiger partial charge in [-0.15, -0.1) is 0 Å². The fourth-order valence-corrected chi connectivity index (χ4v) is 2.98. The van der Waals surface area contributed by atoms with Crippen molar-refractivity contribution in [3.8, 4) is 0 Å². The Kier molecular flexibility index (Phi) is 4.46. The van der Waals surface area contributed by atoms with E-state index in [4.69, 9.17) is 5.11 Å². The second kappa shape index (κ2) is 5.82. The molecule has 2 heterocycles. The smallest absolute Gasteiger partial charge is 0.406 e. The number of amides is 1. The van der Waals surface area contributed by atoms with Crippen molar-refractivity contribution in [2.24, 2.45) is 5.41 Å². The molecule has 0 spiro atoms. The van der Waals surface area contributed by atoms with Gasteiger partial charge in [0.25, 0.3) is 0 Å². The van der Waals surface area contributed by atoms with Gasteiger partial charge >= 0.3 is 12.1 Å². The lowest BCUT2D eigenvalue weighted by Crippen LogP contribution is -2.50. The number of likely N-dealkylation sites (tertiary alicyclic amines) is 1. The van der Waals surface area contributed by atoms with Crippen molar-refractivity contribution in [1.29, 1.82) is 0 Å². The third-order valence-corrected chi connectivity index (χ3v) is 4.39. The lowest BCUT2D eigenvalue weighted by atomic mass is 9.86. The Bertz CT molecular complexity index is 419. The molecule has 2 aliphatic heterocycles. The van der Waals surface area contributed by atoms with Crippen LogP contribution < -0.4 is 5.32 Å². The van der Waals surface area contributed by atoms with Crippen LogP contribution in [0.25, 0.3) is 0 Å². The van der Waals surface area contributed by atoms with E-state index in [1.165, 1.54) is 0 Å². The van der Waals surface area contributed by atoms with Crippen molar-refractivity contribution in [1.82, 2.24) is 10.2 Å². The summed E-state index contributed by atoms with van der Waals surface area (Å²) in [5.41, 5.74) is -2.83. The largest absolute Gasteiger partial charge is 0.481 e. The standard InChI is InChI=1S/C13H19F3N2O3/c14-13(15,16)12(11(20)21)5-7-18(8-12)10(19)9-4-2-1-3-6-17-9/h9,17H,1-8H2,(H,20,21). The number of carboxylic acids is 1. The molecular weight excluding hydrogens is 289 g/mol. The van der Waals surface area contributed by atoms with Crippen molar-refractivity contribution < 1.29 is 27.9 Å². The number of aliphatic carboxylic acids is 1. The maximum absolute atomic E-state index is 13.1. The molecule has 2 N–H and O–H groups in total. The molecule has 0 aromatic carbocycles. The Morgan fingerprint density at radius 3 is 2.52 bits per heavy atom. The van der Waals surface area contributed by atoms with Crippen LogP contribution in [0.4, 0.5) is 13.2 Å². The highest BCUT2D eigenvalue weighted by molar-refractivity contribution is 5.84. The number of hydrogen-bond acceptors (Lipinski definition) is 3. The summed E-state index contributed by atoms with van der Waals surface area (Å²) in [5.74, 6) is -2.32. The number of alkyl halides is 3. The number of hydrogen-bond donors (Lipinski definition) is 2. The van der Waals surface area contributed by atoms with Gasteiger partial charge in [-0.1, -0.05) is 12.8 Å².